The first-order chi connectivity index (χ1) is 11.3. The molecule has 0 spiro atoms. The van der Waals surface area contributed by atoms with Gasteiger partial charge in [0.1, 0.15) is 11.4 Å². The molecule has 25 heavy (non-hydrogen) atoms. The molecule has 9 heteroatoms. The number of nitro benzene ring substituents is 1. The van der Waals surface area contributed by atoms with Gasteiger partial charge >= 0.3 is 0 Å². The molecule has 0 heterocycles. The first-order valence-electron chi connectivity index (χ1n) is 8.01. The molecule has 0 radical (unpaired) electrons. The predicted octanol–water partition coefficient (Wildman–Crippen LogP) is -2.67. The van der Waals surface area contributed by atoms with Crippen LogP contribution in [0.1, 0.15) is 24.2 Å². The van der Waals surface area contributed by atoms with E-state index >= 15 is 0 Å². The van der Waals surface area contributed by atoms with Crippen molar-refractivity contribution in [3.63, 3.8) is 0 Å². The summed E-state index contributed by atoms with van der Waals surface area (Å²) in [7, 11) is 4.85. The third-order valence-corrected chi connectivity index (χ3v) is 3.98. The van der Waals surface area contributed by atoms with E-state index in [1.54, 1.807) is 19.0 Å². The van der Waals surface area contributed by atoms with Crippen molar-refractivity contribution in [1.29, 1.82) is 0 Å². The minimum Gasteiger partial charge on any atom is -1.00 e. The number of nitro groups is 1. The molecule has 1 rings (SSSR count). The zero-order chi connectivity index (χ0) is 18.3. The number of hydrogen-bond donors (Lipinski definition) is 2. The second-order valence-corrected chi connectivity index (χ2v) is 5.66. The number of halogens is 1. The average molecular weight is 375 g/mol. The van der Waals surface area contributed by atoms with Crippen molar-refractivity contribution in [3.05, 3.63) is 27.8 Å². The van der Waals surface area contributed by atoms with Crippen LogP contribution >= 0.6 is 0 Å². The predicted molar refractivity (Wildman–Crippen MR) is 93.2 cm³/mol. The van der Waals surface area contributed by atoms with Crippen molar-refractivity contribution in [1.82, 2.24) is 5.32 Å². The molecule has 0 fully saturated rings. The molecule has 1 aromatic rings. The number of methoxy groups -OCH3 is 1. The lowest BCUT2D eigenvalue weighted by Crippen LogP contribution is -3.12. The lowest BCUT2D eigenvalue weighted by Gasteiger charge is -2.17. The highest BCUT2D eigenvalue weighted by Gasteiger charge is 2.23. The first kappa shape index (κ1) is 22.9. The lowest BCUT2D eigenvalue weighted by molar-refractivity contribution is -0.895. The van der Waals surface area contributed by atoms with Crippen LogP contribution in [0.25, 0.3) is 0 Å². The SMILES string of the molecule is CC[NH+](CC)CCNC(=O)c1cc([N+](=O)[O-])c(N(C)C)cc1OC.[Cl-]. The Kier molecular flexibility index (Phi) is 9.85. The topological polar surface area (TPSA) is 89.1 Å². The van der Waals surface area contributed by atoms with Crippen molar-refractivity contribution >= 4 is 17.3 Å². The molecule has 0 saturated heterocycles. The standard InChI is InChI=1S/C16H26N4O4.ClH/c1-6-19(7-2)9-8-17-16(21)12-10-14(20(22)23)13(18(3)4)11-15(12)24-5;/h10-11H,6-9H2,1-5H3,(H,17,21);1H. The summed E-state index contributed by atoms with van der Waals surface area (Å²) in [6.45, 7) is 7.46. The molecule has 0 aliphatic rings. The maximum atomic E-state index is 12.4. The summed E-state index contributed by atoms with van der Waals surface area (Å²) in [6.07, 6.45) is 0. The van der Waals surface area contributed by atoms with E-state index in [1.807, 2.05) is 0 Å². The van der Waals surface area contributed by atoms with Gasteiger partial charge < -0.3 is 32.3 Å². The number of carbonyl (C=O) groups excluding carboxylic acids is 1. The summed E-state index contributed by atoms with van der Waals surface area (Å²) in [5, 5.41) is 14.1. The Bertz CT molecular complexity index is 592. The summed E-state index contributed by atoms with van der Waals surface area (Å²) in [5.74, 6) is -0.0520. The van der Waals surface area contributed by atoms with E-state index < -0.39 is 4.92 Å². The van der Waals surface area contributed by atoms with Crippen LogP contribution in [-0.4, -0.2) is 58.2 Å². The highest BCUT2D eigenvalue weighted by Crippen LogP contribution is 2.34. The summed E-state index contributed by atoms with van der Waals surface area (Å²) in [6, 6.07) is 2.79. The van der Waals surface area contributed by atoms with Crippen LogP contribution in [0.5, 0.6) is 5.75 Å². The Morgan fingerprint density at radius 2 is 1.92 bits per heavy atom. The third kappa shape index (κ3) is 6.06. The highest BCUT2D eigenvalue weighted by molar-refractivity contribution is 5.98. The van der Waals surface area contributed by atoms with Crippen molar-refractivity contribution in [2.75, 3.05) is 52.3 Å². The van der Waals surface area contributed by atoms with Crippen LogP contribution in [0, 0.1) is 10.1 Å². The quantitative estimate of drug-likeness (QED) is 0.363. The molecule has 8 nitrogen and oxygen atoms in total. The lowest BCUT2D eigenvalue weighted by atomic mass is 10.1. The molecule has 1 aromatic carbocycles. The number of amides is 1. The van der Waals surface area contributed by atoms with Gasteiger partial charge in [-0.1, -0.05) is 0 Å². The maximum Gasteiger partial charge on any atom is 0.293 e. The molecule has 1 amide bonds. The Balaban J connectivity index is 0.00000576. The smallest absolute Gasteiger partial charge is 0.293 e. The van der Waals surface area contributed by atoms with E-state index in [4.69, 9.17) is 4.74 Å². The van der Waals surface area contributed by atoms with Crippen LogP contribution in [0.15, 0.2) is 12.1 Å². The molecule has 142 valence electrons. The zero-order valence-electron chi connectivity index (χ0n) is 15.4. The number of rotatable bonds is 9. The van der Waals surface area contributed by atoms with Gasteiger partial charge in [-0.05, 0) is 13.8 Å². The van der Waals surface area contributed by atoms with Crippen molar-refractivity contribution in [2.24, 2.45) is 0 Å². The molecular weight excluding hydrogens is 348 g/mol. The number of quaternary nitrogens is 1. The van der Waals surface area contributed by atoms with Crippen LogP contribution in [0.2, 0.25) is 0 Å². The molecule has 0 bridgehead atoms. The number of nitrogens with zero attached hydrogens (tertiary/aromatic N) is 2. The number of likely N-dealkylation sites (N-methyl/N-ethyl adjacent to an activating group) is 1. The van der Waals surface area contributed by atoms with Crippen LogP contribution in [-0.2, 0) is 0 Å². The summed E-state index contributed by atoms with van der Waals surface area (Å²) in [4.78, 5) is 26.2. The molecule has 0 saturated carbocycles. The van der Waals surface area contributed by atoms with Gasteiger partial charge in [-0.15, -0.1) is 0 Å². The fraction of sp³-hybridized carbons (Fsp3) is 0.562. The van der Waals surface area contributed by atoms with Crippen molar-refractivity contribution in [3.8, 4) is 5.75 Å². The molecular formula is C16H27ClN4O4. The summed E-state index contributed by atoms with van der Waals surface area (Å²) >= 11 is 0. The Morgan fingerprint density at radius 1 is 1.32 bits per heavy atom. The highest BCUT2D eigenvalue weighted by atomic mass is 35.5. The van der Waals surface area contributed by atoms with Gasteiger partial charge in [0.05, 0.1) is 43.8 Å². The number of ether oxygens (including phenoxy) is 1. The molecule has 0 aliphatic carbocycles. The van der Waals surface area contributed by atoms with E-state index in [0.717, 1.165) is 19.6 Å². The fourth-order valence-electron chi connectivity index (χ4n) is 2.46. The van der Waals surface area contributed by atoms with Crippen LogP contribution < -0.4 is 32.3 Å². The van der Waals surface area contributed by atoms with E-state index in [-0.39, 0.29) is 29.6 Å². The second kappa shape index (κ2) is 10.7. The number of nitrogens with one attached hydrogen (secondary N) is 2. The molecule has 0 unspecified atom stereocenters. The first-order valence-corrected chi connectivity index (χ1v) is 8.01. The number of anilines is 1. The van der Waals surface area contributed by atoms with Gasteiger partial charge in [0.25, 0.3) is 11.6 Å². The van der Waals surface area contributed by atoms with Gasteiger partial charge in [-0.3, -0.25) is 14.9 Å². The van der Waals surface area contributed by atoms with E-state index in [2.05, 4.69) is 19.2 Å². The number of benzene rings is 1. The molecule has 0 aliphatic heterocycles. The van der Waals surface area contributed by atoms with Crippen molar-refractivity contribution in [2.45, 2.75) is 13.8 Å². The van der Waals surface area contributed by atoms with Crippen molar-refractivity contribution < 1.29 is 31.8 Å². The van der Waals surface area contributed by atoms with Crippen LogP contribution in [0.3, 0.4) is 0 Å². The van der Waals surface area contributed by atoms with Gasteiger partial charge in [0.15, 0.2) is 0 Å². The number of hydrogen-bond acceptors (Lipinski definition) is 5. The van der Waals surface area contributed by atoms with Gasteiger partial charge in [0, 0.05) is 26.2 Å². The molecule has 0 atom stereocenters. The van der Waals surface area contributed by atoms with Gasteiger partial charge in [-0.25, -0.2) is 0 Å². The third-order valence-electron chi connectivity index (χ3n) is 3.98. The Morgan fingerprint density at radius 3 is 2.36 bits per heavy atom. The van der Waals surface area contributed by atoms with E-state index in [9.17, 15) is 14.9 Å². The molecule has 2 N–H and O–H groups in total. The van der Waals surface area contributed by atoms with Crippen LogP contribution in [0.4, 0.5) is 11.4 Å². The second-order valence-electron chi connectivity index (χ2n) is 5.66. The number of carbonyl (C=O) groups is 1. The fourth-order valence-corrected chi connectivity index (χ4v) is 2.46. The summed E-state index contributed by atoms with van der Waals surface area (Å²) in [5.41, 5.74) is 0.436. The van der Waals surface area contributed by atoms with Gasteiger partial charge in [0.2, 0.25) is 0 Å². The van der Waals surface area contributed by atoms with E-state index in [1.165, 1.54) is 24.1 Å². The summed E-state index contributed by atoms with van der Waals surface area (Å²) < 4.78 is 5.25. The molecule has 0 aromatic heterocycles. The monoisotopic (exact) mass is 374 g/mol. The maximum absolute atomic E-state index is 12.4. The Hall–Kier alpha value is -2.06. The van der Waals surface area contributed by atoms with Gasteiger partial charge in [-0.2, -0.15) is 0 Å². The average Bonchev–Trinajstić information content (AvgIpc) is 2.56. The zero-order valence-corrected chi connectivity index (χ0v) is 16.1. The minimum atomic E-state index is -0.494. The minimum absolute atomic E-state index is 0. The Labute approximate surface area is 154 Å². The largest absolute Gasteiger partial charge is 1.00 e. The van der Waals surface area contributed by atoms with E-state index in [0.29, 0.717) is 18.0 Å². The normalized spacial score (nSPS) is 10.2.